The Labute approximate surface area is 63.9 Å². The Bertz CT molecular complexity index is 372. The van der Waals surface area contributed by atoms with E-state index in [1.54, 1.807) is 14.0 Å². The van der Waals surface area contributed by atoms with Gasteiger partial charge in [0.25, 0.3) is 11.2 Å². The third-order valence-corrected chi connectivity index (χ3v) is 1.40. The second-order valence-corrected chi connectivity index (χ2v) is 2.21. The van der Waals surface area contributed by atoms with Crippen LogP contribution in [0.25, 0.3) is 4.85 Å². The lowest BCUT2D eigenvalue weighted by Crippen LogP contribution is -2.16. The van der Waals surface area contributed by atoms with E-state index in [-0.39, 0.29) is 11.2 Å². The van der Waals surface area contributed by atoms with Gasteiger partial charge < -0.3 is 4.57 Å². The van der Waals surface area contributed by atoms with Crippen LogP contribution in [0.2, 0.25) is 0 Å². The summed E-state index contributed by atoms with van der Waals surface area (Å²) in [5.74, 6) is 0. The molecule has 1 heterocycles. The largest absolute Gasteiger partial charge is 0.312 e. The number of aryl methyl sites for hydroxylation is 2. The molecule has 4 heteroatoms. The van der Waals surface area contributed by atoms with Gasteiger partial charge in [-0.3, -0.25) is 9.78 Å². The predicted molar refractivity (Wildman–Crippen MR) is 40.5 cm³/mol. The van der Waals surface area contributed by atoms with Gasteiger partial charge in [0.15, 0.2) is 0 Å². The Kier molecular flexibility index (Phi) is 1.73. The normalized spacial score (nSPS) is 9.18. The minimum atomic E-state index is -0.285. The fraction of sp³-hybridized carbons (Fsp3) is 0.286. The molecule has 56 valence electrons. The zero-order valence-corrected chi connectivity index (χ0v) is 6.33. The van der Waals surface area contributed by atoms with Gasteiger partial charge in [-0.15, -0.1) is 0 Å². The molecule has 1 aromatic heterocycles. The maximum absolute atomic E-state index is 11.1. The number of hydrogen-bond acceptors (Lipinski definition) is 2. The minimum Gasteiger partial charge on any atom is -0.312 e. The van der Waals surface area contributed by atoms with E-state index >= 15 is 0 Å². The fourth-order valence-corrected chi connectivity index (χ4v) is 0.737. The van der Waals surface area contributed by atoms with Gasteiger partial charge in [0.2, 0.25) is 0 Å². The first-order valence-electron chi connectivity index (χ1n) is 3.06. The zero-order chi connectivity index (χ0) is 8.43. The molecule has 0 fully saturated rings. The fourth-order valence-electron chi connectivity index (χ4n) is 0.737. The first kappa shape index (κ1) is 7.48. The summed E-state index contributed by atoms with van der Waals surface area (Å²) in [5.41, 5.74) is 0.311. The predicted octanol–water partition coefficient (Wildman–Crippen LogP) is 0.640. The van der Waals surface area contributed by atoms with Crippen LogP contribution < -0.4 is 5.56 Å². The molecule has 0 bridgehead atoms. The van der Waals surface area contributed by atoms with Crippen molar-refractivity contribution in [2.75, 3.05) is 0 Å². The van der Waals surface area contributed by atoms with E-state index in [2.05, 4.69) is 9.83 Å². The van der Waals surface area contributed by atoms with Gasteiger partial charge in [-0.1, -0.05) is 0 Å². The van der Waals surface area contributed by atoms with Crippen LogP contribution in [0.5, 0.6) is 0 Å². The molecule has 0 saturated carbocycles. The lowest BCUT2D eigenvalue weighted by atomic mass is 10.4. The Morgan fingerprint density at radius 1 is 1.73 bits per heavy atom. The molecular weight excluding hydrogens is 142 g/mol. The van der Waals surface area contributed by atoms with E-state index in [9.17, 15) is 4.79 Å². The van der Waals surface area contributed by atoms with Gasteiger partial charge in [-0.05, 0) is 6.92 Å². The zero-order valence-electron chi connectivity index (χ0n) is 6.33. The molecule has 0 N–H and O–H groups in total. The van der Waals surface area contributed by atoms with E-state index in [0.717, 1.165) is 0 Å². The Hall–Kier alpha value is -1.63. The summed E-state index contributed by atoms with van der Waals surface area (Å²) in [6.45, 7) is 8.34. The third kappa shape index (κ3) is 1.13. The van der Waals surface area contributed by atoms with Crippen molar-refractivity contribution in [3.63, 3.8) is 0 Å². The number of aromatic nitrogens is 2. The van der Waals surface area contributed by atoms with Gasteiger partial charge in [0.1, 0.15) is 0 Å². The SMILES string of the molecule is [C-]#[N+]c1c(C)ncn(C)c1=O. The molecule has 0 aliphatic rings. The van der Waals surface area contributed by atoms with E-state index in [1.807, 2.05) is 0 Å². The Morgan fingerprint density at radius 2 is 2.36 bits per heavy atom. The van der Waals surface area contributed by atoms with Crippen molar-refractivity contribution in [3.05, 3.63) is 33.8 Å². The summed E-state index contributed by atoms with van der Waals surface area (Å²) in [4.78, 5) is 18.1. The van der Waals surface area contributed by atoms with Gasteiger partial charge in [0, 0.05) is 7.05 Å². The highest BCUT2D eigenvalue weighted by atomic mass is 16.1. The van der Waals surface area contributed by atoms with Crippen LogP contribution in [0.4, 0.5) is 5.69 Å². The summed E-state index contributed by atoms with van der Waals surface area (Å²) >= 11 is 0. The number of nitrogens with zero attached hydrogens (tertiary/aromatic N) is 3. The quantitative estimate of drug-likeness (QED) is 0.508. The monoisotopic (exact) mass is 149 g/mol. The highest BCUT2D eigenvalue weighted by Crippen LogP contribution is 2.06. The van der Waals surface area contributed by atoms with Crippen LogP contribution in [-0.2, 0) is 7.05 Å². The van der Waals surface area contributed by atoms with Crippen molar-refractivity contribution >= 4 is 5.69 Å². The summed E-state index contributed by atoms with van der Waals surface area (Å²) in [5, 5.41) is 0. The molecule has 0 aromatic carbocycles. The average molecular weight is 149 g/mol. The maximum atomic E-state index is 11.1. The summed E-state index contributed by atoms with van der Waals surface area (Å²) in [6.07, 6.45) is 1.41. The van der Waals surface area contributed by atoms with Crippen LogP contribution >= 0.6 is 0 Å². The van der Waals surface area contributed by atoms with E-state index in [4.69, 9.17) is 6.57 Å². The molecule has 0 radical (unpaired) electrons. The molecule has 0 atom stereocenters. The van der Waals surface area contributed by atoms with Crippen molar-refractivity contribution in [2.24, 2.45) is 7.05 Å². The smallest absolute Gasteiger partial charge is 0.271 e. The average Bonchev–Trinajstić information content (AvgIpc) is 1.99. The highest BCUT2D eigenvalue weighted by molar-refractivity contribution is 5.45. The highest BCUT2D eigenvalue weighted by Gasteiger charge is 2.04. The lowest BCUT2D eigenvalue weighted by Gasteiger charge is -1.97. The van der Waals surface area contributed by atoms with E-state index in [1.165, 1.54) is 10.9 Å². The summed E-state index contributed by atoms with van der Waals surface area (Å²) in [6, 6.07) is 0. The Morgan fingerprint density at radius 3 is 2.82 bits per heavy atom. The van der Waals surface area contributed by atoms with Gasteiger partial charge in [-0.2, -0.15) is 0 Å². The van der Waals surface area contributed by atoms with Crippen LogP contribution in [-0.4, -0.2) is 9.55 Å². The molecule has 11 heavy (non-hydrogen) atoms. The number of hydrogen-bond donors (Lipinski definition) is 0. The lowest BCUT2D eigenvalue weighted by molar-refractivity contribution is 0.820. The van der Waals surface area contributed by atoms with Crippen LogP contribution in [0.3, 0.4) is 0 Å². The molecule has 1 rings (SSSR count). The first-order valence-corrected chi connectivity index (χ1v) is 3.06. The van der Waals surface area contributed by atoms with Crippen LogP contribution in [0.1, 0.15) is 5.69 Å². The molecule has 1 aromatic rings. The van der Waals surface area contributed by atoms with Crippen molar-refractivity contribution in [3.8, 4) is 0 Å². The van der Waals surface area contributed by atoms with Crippen LogP contribution in [0, 0.1) is 13.5 Å². The third-order valence-electron chi connectivity index (χ3n) is 1.40. The topological polar surface area (TPSA) is 39.2 Å². The second-order valence-electron chi connectivity index (χ2n) is 2.21. The van der Waals surface area contributed by atoms with Crippen LogP contribution in [0.15, 0.2) is 11.1 Å². The van der Waals surface area contributed by atoms with E-state index < -0.39 is 0 Å². The molecule has 0 spiro atoms. The number of rotatable bonds is 0. The minimum absolute atomic E-state index is 0.106. The standard InChI is InChI=1S/C7H7N3O/c1-5-6(8-2)7(11)10(3)4-9-5/h4H,1,3H3. The van der Waals surface area contributed by atoms with Gasteiger partial charge in [-0.25, -0.2) is 4.85 Å². The molecule has 4 nitrogen and oxygen atoms in total. The molecular formula is C7H7N3O. The molecule has 0 saturated heterocycles. The van der Waals surface area contributed by atoms with Crippen molar-refractivity contribution in [1.29, 1.82) is 0 Å². The molecule has 0 aliphatic carbocycles. The van der Waals surface area contributed by atoms with Crippen molar-refractivity contribution < 1.29 is 0 Å². The molecule has 0 unspecified atom stereocenters. The summed E-state index contributed by atoms with van der Waals surface area (Å²) in [7, 11) is 1.57. The second kappa shape index (κ2) is 2.54. The van der Waals surface area contributed by atoms with Crippen molar-refractivity contribution in [1.82, 2.24) is 9.55 Å². The Balaban J connectivity index is 3.58. The van der Waals surface area contributed by atoms with Crippen molar-refractivity contribution in [2.45, 2.75) is 6.92 Å². The first-order chi connectivity index (χ1) is 5.16. The van der Waals surface area contributed by atoms with Gasteiger partial charge >= 0.3 is 0 Å². The molecule has 0 amide bonds. The summed E-state index contributed by atoms with van der Waals surface area (Å²) < 4.78 is 1.29. The molecule has 0 aliphatic heterocycles. The maximum Gasteiger partial charge on any atom is 0.271 e. The van der Waals surface area contributed by atoms with E-state index in [0.29, 0.717) is 5.69 Å². The van der Waals surface area contributed by atoms with Gasteiger partial charge in [0.05, 0.1) is 18.6 Å².